The molecule has 1 aliphatic carbocycles. The van der Waals surface area contributed by atoms with E-state index < -0.39 is 0 Å². The van der Waals surface area contributed by atoms with E-state index in [4.69, 9.17) is 0 Å². The van der Waals surface area contributed by atoms with Crippen LogP contribution in [-0.2, 0) is 4.79 Å². The molecule has 10 heavy (non-hydrogen) atoms. The number of nitrogens with one attached hydrogen (secondary N) is 2. The highest BCUT2D eigenvalue weighted by Crippen LogP contribution is 2.54. The van der Waals surface area contributed by atoms with Crippen LogP contribution in [0.15, 0.2) is 0 Å². The predicted octanol–water partition coefficient (Wildman–Crippen LogP) is -0.658. The smallest absolute Gasteiger partial charge is 0.227 e. The van der Waals surface area contributed by atoms with Gasteiger partial charge >= 0.3 is 0 Å². The first-order chi connectivity index (χ1) is 4.79. The Hall–Kier alpha value is -0.570. The van der Waals surface area contributed by atoms with E-state index in [1.54, 1.807) is 7.05 Å². The Morgan fingerprint density at radius 1 is 1.80 bits per heavy atom. The molecule has 0 aromatic heterocycles. The van der Waals surface area contributed by atoms with Gasteiger partial charge in [0.2, 0.25) is 5.91 Å². The maximum absolute atomic E-state index is 11.2. The zero-order valence-corrected chi connectivity index (χ0v) is 6.11. The highest BCUT2D eigenvalue weighted by molar-refractivity contribution is 5.86. The van der Waals surface area contributed by atoms with Crippen molar-refractivity contribution in [3.05, 3.63) is 0 Å². The van der Waals surface area contributed by atoms with Crippen LogP contribution in [0.5, 0.6) is 0 Å². The van der Waals surface area contributed by atoms with Gasteiger partial charge in [-0.05, 0) is 18.9 Å². The molecular weight excluding hydrogens is 128 g/mol. The number of amides is 1. The molecular formula is C7H12N2O. The van der Waals surface area contributed by atoms with Crippen molar-refractivity contribution in [1.29, 1.82) is 0 Å². The van der Waals surface area contributed by atoms with Crippen molar-refractivity contribution in [2.24, 2.45) is 11.3 Å². The van der Waals surface area contributed by atoms with Crippen LogP contribution in [0, 0.1) is 11.3 Å². The fourth-order valence-electron chi connectivity index (χ4n) is 1.94. The molecule has 2 rings (SSSR count). The number of piperidine rings is 1. The fraction of sp³-hybridized carbons (Fsp3) is 0.857. The maximum atomic E-state index is 11.2. The summed E-state index contributed by atoms with van der Waals surface area (Å²) in [5.74, 6) is 0.856. The zero-order valence-electron chi connectivity index (χ0n) is 6.11. The Kier molecular flexibility index (Phi) is 1.06. The van der Waals surface area contributed by atoms with Gasteiger partial charge < -0.3 is 10.6 Å². The van der Waals surface area contributed by atoms with Crippen molar-refractivity contribution in [3.8, 4) is 0 Å². The lowest BCUT2D eigenvalue weighted by molar-refractivity contribution is -0.125. The summed E-state index contributed by atoms with van der Waals surface area (Å²) < 4.78 is 0. The van der Waals surface area contributed by atoms with E-state index in [-0.39, 0.29) is 11.3 Å². The van der Waals surface area contributed by atoms with E-state index >= 15 is 0 Å². The van der Waals surface area contributed by atoms with E-state index in [2.05, 4.69) is 10.6 Å². The number of fused-ring (bicyclic) bond motifs is 1. The van der Waals surface area contributed by atoms with Crippen LogP contribution < -0.4 is 10.6 Å². The quantitative estimate of drug-likeness (QED) is 0.508. The lowest BCUT2D eigenvalue weighted by Crippen LogP contribution is -2.33. The fourth-order valence-corrected chi connectivity index (χ4v) is 1.94. The van der Waals surface area contributed by atoms with Crippen LogP contribution in [0.2, 0.25) is 0 Å². The summed E-state index contributed by atoms with van der Waals surface area (Å²) in [4.78, 5) is 11.2. The van der Waals surface area contributed by atoms with Gasteiger partial charge in [0.05, 0.1) is 5.41 Å². The molecule has 56 valence electrons. The van der Waals surface area contributed by atoms with Gasteiger partial charge in [-0.15, -0.1) is 0 Å². The highest BCUT2D eigenvalue weighted by Gasteiger charge is 2.62. The molecule has 1 amide bonds. The van der Waals surface area contributed by atoms with E-state index in [9.17, 15) is 4.79 Å². The topological polar surface area (TPSA) is 41.1 Å². The first-order valence-electron chi connectivity index (χ1n) is 3.72. The molecule has 1 heterocycles. The third kappa shape index (κ3) is 0.560. The number of carbonyl (C=O) groups is 1. The molecule has 0 radical (unpaired) electrons. The monoisotopic (exact) mass is 140 g/mol. The molecule has 1 saturated heterocycles. The molecule has 2 N–H and O–H groups in total. The van der Waals surface area contributed by atoms with Gasteiger partial charge in [-0.25, -0.2) is 0 Å². The Balaban J connectivity index is 2.11. The first kappa shape index (κ1) is 6.16. The van der Waals surface area contributed by atoms with Crippen LogP contribution >= 0.6 is 0 Å². The van der Waals surface area contributed by atoms with Gasteiger partial charge in [0.25, 0.3) is 0 Å². The minimum absolute atomic E-state index is 0.00868. The van der Waals surface area contributed by atoms with Gasteiger partial charge in [-0.2, -0.15) is 0 Å². The molecule has 3 heteroatoms. The summed E-state index contributed by atoms with van der Waals surface area (Å²) in [5.41, 5.74) is 0.00868. The third-order valence-corrected chi connectivity index (χ3v) is 2.74. The minimum atomic E-state index is 0.00868. The summed E-state index contributed by atoms with van der Waals surface area (Å²) in [6.45, 7) is 1.92. The number of carbonyl (C=O) groups excluding carboxylic acids is 1. The minimum Gasteiger partial charge on any atom is -0.359 e. The van der Waals surface area contributed by atoms with Crippen molar-refractivity contribution < 1.29 is 4.79 Å². The number of rotatable bonds is 1. The molecule has 0 spiro atoms. The Morgan fingerprint density at radius 2 is 2.60 bits per heavy atom. The van der Waals surface area contributed by atoms with Crippen molar-refractivity contribution in [3.63, 3.8) is 0 Å². The highest BCUT2D eigenvalue weighted by atomic mass is 16.2. The average Bonchev–Trinajstić information content (AvgIpc) is 2.54. The van der Waals surface area contributed by atoms with Crippen molar-refractivity contribution in [2.75, 3.05) is 20.1 Å². The Labute approximate surface area is 60.2 Å². The van der Waals surface area contributed by atoms with Gasteiger partial charge in [0.15, 0.2) is 0 Å². The SMILES string of the molecule is CNC(=O)[C@@]12CNC[C@H]1C2. The molecule has 2 fully saturated rings. The van der Waals surface area contributed by atoms with Gasteiger partial charge in [0, 0.05) is 13.6 Å². The van der Waals surface area contributed by atoms with Crippen LogP contribution in [0.3, 0.4) is 0 Å². The third-order valence-electron chi connectivity index (χ3n) is 2.74. The summed E-state index contributed by atoms with van der Waals surface area (Å²) in [6, 6.07) is 0. The standard InChI is InChI=1S/C7H12N2O/c1-8-6(10)7-2-5(7)3-9-4-7/h5,9H,2-4H2,1H3,(H,8,10)/t5-,7+/m1/s1. The second kappa shape index (κ2) is 1.72. The van der Waals surface area contributed by atoms with Crippen LogP contribution in [0.1, 0.15) is 6.42 Å². The predicted molar refractivity (Wildman–Crippen MR) is 37.5 cm³/mol. The van der Waals surface area contributed by atoms with Crippen LogP contribution in [-0.4, -0.2) is 26.0 Å². The summed E-state index contributed by atoms with van der Waals surface area (Å²) in [7, 11) is 1.71. The number of hydrogen-bond acceptors (Lipinski definition) is 2. The average molecular weight is 140 g/mol. The maximum Gasteiger partial charge on any atom is 0.227 e. The molecule has 2 atom stereocenters. The Morgan fingerprint density at radius 3 is 3.00 bits per heavy atom. The van der Waals surface area contributed by atoms with Gasteiger partial charge in [0.1, 0.15) is 0 Å². The zero-order chi connectivity index (χ0) is 7.19. The molecule has 3 nitrogen and oxygen atoms in total. The van der Waals surface area contributed by atoms with E-state index in [1.807, 2.05) is 0 Å². The van der Waals surface area contributed by atoms with E-state index in [1.165, 1.54) is 0 Å². The van der Waals surface area contributed by atoms with Gasteiger partial charge in [-0.1, -0.05) is 0 Å². The lowest BCUT2D eigenvalue weighted by Gasteiger charge is -2.07. The Bertz CT molecular complexity index is 180. The van der Waals surface area contributed by atoms with Crippen molar-refractivity contribution >= 4 is 5.91 Å². The second-order valence-corrected chi connectivity index (χ2v) is 3.27. The van der Waals surface area contributed by atoms with Crippen LogP contribution in [0.4, 0.5) is 0 Å². The molecule has 2 aliphatic rings. The summed E-state index contributed by atoms with van der Waals surface area (Å²) in [5, 5.41) is 5.93. The first-order valence-corrected chi connectivity index (χ1v) is 3.72. The second-order valence-electron chi connectivity index (χ2n) is 3.27. The summed E-state index contributed by atoms with van der Waals surface area (Å²) >= 11 is 0. The molecule has 0 unspecified atom stereocenters. The van der Waals surface area contributed by atoms with Crippen molar-refractivity contribution in [2.45, 2.75) is 6.42 Å². The molecule has 0 bridgehead atoms. The van der Waals surface area contributed by atoms with Crippen LogP contribution in [0.25, 0.3) is 0 Å². The molecule has 1 aliphatic heterocycles. The molecule has 1 saturated carbocycles. The normalized spacial score (nSPS) is 42.7. The van der Waals surface area contributed by atoms with Crippen molar-refractivity contribution in [1.82, 2.24) is 10.6 Å². The van der Waals surface area contributed by atoms with E-state index in [0.29, 0.717) is 5.92 Å². The van der Waals surface area contributed by atoms with E-state index in [0.717, 1.165) is 19.5 Å². The molecule has 0 aromatic carbocycles. The van der Waals surface area contributed by atoms with Gasteiger partial charge in [-0.3, -0.25) is 4.79 Å². The molecule has 0 aromatic rings. The summed E-state index contributed by atoms with van der Waals surface area (Å²) in [6.07, 6.45) is 1.10. The lowest BCUT2D eigenvalue weighted by atomic mass is 10.1. The number of hydrogen-bond donors (Lipinski definition) is 2. The largest absolute Gasteiger partial charge is 0.359 e.